The first-order valence-electron chi connectivity index (χ1n) is 5.08. The zero-order valence-electron chi connectivity index (χ0n) is 8.88. The lowest BCUT2D eigenvalue weighted by atomic mass is 10.2. The number of hydrogen-bond acceptors (Lipinski definition) is 6. The molecule has 3 N–H and O–H groups in total. The normalized spacial score (nSPS) is 10.8. The summed E-state index contributed by atoms with van der Waals surface area (Å²) in [4.78, 5) is 8.48. The van der Waals surface area contributed by atoms with E-state index in [0.717, 1.165) is 20.9 Å². The van der Waals surface area contributed by atoms with Gasteiger partial charge in [0, 0.05) is 11.6 Å². The highest BCUT2D eigenvalue weighted by atomic mass is 32.1. The average Bonchev–Trinajstić information content (AvgIpc) is 2.99. The number of nitrogens with two attached hydrogens (primary N) is 1. The molecule has 2 aromatic heterocycles. The summed E-state index contributed by atoms with van der Waals surface area (Å²) in [6.07, 6.45) is 1.80. The quantitative estimate of drug-likeness (QED) is 0.712. The number of aromatic nitrogens is 2. The minimum atomic E-state index is 0.692. The van der Waals surface area contributed by atoms with E-state index in [0.29, 0.717) is 12.2 Å². The first-order valence-corrected chi connectivity index (χ1v) is 6.84. The SMILES string of the molecule is Nc1c(NCc2nccs2)ccc2scnc12. The van der Waals surface area contributed by atoms with E-state index in [1.54, 1.807) is 28.9 Å². The van der Waals surface area contributed by atoms with Crippen molar-refractivity contribution in [3.05, 3.63) is 34.2 Å². The molecule has 0 saturated heterocycles. The Balaban J connectivity index is 1.87. The van der Waals surface area contributed by atoms with Gasteiger partial charge in [-0.25, -0.2) is 9.97 Å². The zero-order chi connectivity index (χ0) is 11.7. The van der Waals surface area contributed by atoms with Crippen LogP contribution in [0.2, 0.25) is 0 Å². The number of anilines is 2. The molecule has 4 nitrogen and oxygen atoms in total. The predicted molar refractivity (Wildman–Crippen MR) is 73.5 cm³/mol. The van der Waals surface area contributed by atoms with Gasteiger partial charge in [0.25, 0.3) is 0 Å². The van der Waals surface area contributed by atoms with Gasteiger partial charge < -0.3 is 11.1 Å². The van der Waals surface area contributed by atoms with Crippen molar-refractivity contribution < 1.29 is 0 Å². The number of hydrogen-bond donors (Lipinski definition) is 2. The molecule has 2 heterocycles. The highest BCUT2D eigenvalue weighted by Gasteiger charge is 2.06. The molecule has 0 aliphatic carbocycles. The number of thiazole rings is 2. The second-order valence-electron chi connectivity index (χ2n) is 3.51. The third-order valence-corrected chi connectivity index (χ3v) is 4.03. The summed E-state index contributed by atoms with van der Waals surface area (Å²) >= 11 is 3.22. The van der Waals surface area contributed by atoms with Crippen LogP contribution in [0, 0.1) is 0 Å². The van der Waals surface area contributed by atoms with E-state index >= 15 is 0 Å². The smallest absolute Gasteiger partial charge is 0.112 e. The highest BCUT2D eigenvalue weighted by Crippen LogP contribution is 2.30. The topological polar surface area (TPSA) is 63.8 Å². The van der Waals surface area contributed by atoms with E-state index in [4.69, 9.17) is 5.73 Å². The number of nitrogens with one attached hydrogen (secondary N) is 1. The molecule has 0 saturated carbocycles. The van der Waals surface area contributed by atoms with Crippen molar-refractivity contribution in [2.45, 2.75) is 6.54 Å². The summed E-state index contributed by atoms with van der Waals surface area (Å²) < 4.78 is 1.11. The van der Waals surface area contributed by atoms with Crippen molar-refractivity contribution in [2.24, 2.45) is 0 Å². The Morgan fingerprint density at radius 1 is 1.24 bits per heavy atom. The van der Waals surface area contributed by atoms with E-state index in [1.807, 2.05) is 23.0 Å². The fourth-order valence-corrected chi connectivity index (χ4v) is 2.87. The van der Waals surface area contributed by atoms with Crippen LogP contribution in [-0.4, -0.2) is 9.97 Å². The predicted octanol–water partition coefficient (Wildman–Crippen LogP) is 2.95. The van der Waals surface area contributed by atoms with E-state index in [9.17, 15) is 0 Å². The summed E-state index contributed by atoms with van der Waals surface area (Å²) in [6.45, 7) is 0.692. The maximum Gasteiger partial charge on any atom is 0.112 e. The Kier molecular flexibility index (Phi) is 2.66. The summed E-state index contributed by atoms with van der Waals surface area (Å²) in [5.74, 6) is 0. The lowest BCUT2D eigenvalue weighted by Crippen LogP contribution is -2.02. The van der Waals surface area contributed by atoms with Crippen LogP contribution in [0.4, 0.5) is 11.4 Å². The van der Waals surface area contributed by atoms with Crippen molar-refractivity contribution in [3.8, 4) is 0 Å². The summed E-state index contributed by atoms with van der Waals surface area (Å²) in [5.41, 5.74) is 10.4. The van der Waals surface area contributed by atoms with Gasteiger partial charge in [-0.05, 0) is 12.1 Å². The van der Waals surface area contributed by atoms with Crippen molar-refractivity contribution in [1.29, 1.82) is 0 Å². The second kappa shape index (κ2) is 4.31. The molecular weight excluding hydrogens is 252 g/mol. The molecule has 0 unspecified atom stereocenters. The third-order valence-electron chi connectivity index (χ3n) is 2.46. The van der Waals surface area contributed by atoms with E-state index in [-0.39, 0.29) is 0 Å². The van der Waals surface area contributed by atoms with Crippen molar-refractivity contribution in [2.75, 3.05) is 11.1 Å². The molecule has 0 aliphatic rings. The lowest BCUT2D eigenvalue weighted by Gasteiger charge is -2.07. The fourth-order valence-electron chi connectivity index (χ4n) is 1.62. The van der Waals surface area contributed by atoms with Gasteiger partial charge in [0.15, 0.2) is 0 Å². The zero-order valence-corrected chi connectivity index (χ0v) is 10.5. The maximum atomic E-state index is 6.07. The van der Waals surface area contributed by atoms with Crippen LogP contribution < -0.4 is 11.1 Å². The molecule has 0 amide bonds. The fraction of sp³-hybridized carbons (Fsp3) is 0.0909. The van der Waals surface area contributed by atoms with E-state index < -0.39 is 0 Å². The highest BCUT2D eigenvalue weighted by molar-refractivity contribution is 7.16. The molecule has 0 fully saturated rings. The number of benzene rings is 1. The van der Waals surface area contributed by atoms with Crippen molar-refractivity contribution in [3.63, 3.8) is 0 Å². The molecule has 3 rings (SSSR count). The summed E-state index contributed by atoms with van der Waals surface area (Å²) in [5, 5.41) is 6.29. The van der Waals surface area contributed by atoms with Crippen LogP contribution >= 0.6 is 22.7 Å². The molecule has 1 aromatic carbocycles. The molecule has 0 bridgehead atoms. The molecule has 17 heavy (non-hydrogen) atoms. The van der Waals surface area contributed by atoms with Gasteiger partial charge in [-0.2, -0.15) is 0 Å². The standard InChI is InChI=1S/C11H10N4S2/c12-10-7(14-5-9-13-3-4-16-9)1-2-8-11(10)15-6-17-8/h1-4,6,14H,5,12H2. The van der Waals surface area contributed by atoms with Gasteiger partial charge in [0.05, 0.1) is 28.1 Å². The maximum absolute atomic E-state index is 6.07. The van der Waals surface area contributed by atoms with E-state index in [2.05, 4.69) is 15.3 Å². The monoisotopic (exact) mass is 262 g/mol. The lowest BCUT2D eigenvalue weighted by molar-refractivity contribution is 1.11. The Morgan fingerprint density at radius 3 is 3.00 bits per heavy atom. The molecule has 3 aromatic rings. The molecule has 0 spiro atoms. The van der Waals surface area contributed by atoms with Gasteiger partial charge in [-0.1, -0.05) is 0 Å². The Morgan fingerprint density at radius 2 is 2.18 bits per heavy atom. The van der Waals surface area contributed by atoms with Gasteiger partial charge in [-0.3, -0.25) is 0 Å². The molecule has 0 radical (unpaired) electrons. The van der Waals surface area contributed by atoms with Crippen molar-refractivity contribution >= 4 is 44.3 Å². The Labute approximate surface area is 106 Å². The van der Waals surface area contributed by atoms with Crippen molar-refractivity contribution in [1.82, 2.24) is 9.97 Å². The Bertz CT molecular complexity index is 630. The van der Waals surface area contributed by atoms with E-state index in [1.165, 1.54) is 0 Å². The summed E-state index contributed by atoms with van der Waals surface area (Å²) in [6, 6.07) is 4.02. The summed E-state index contributed by atoms with van der Waals surface area (Å²) in [7, 11) is 0. The molecule has 0 atom stereocenters. The first kappa shape index (κ1) is 10.5. The minimum Gasteiger partial charge on any atom is -0.395 e. The van der Waals surface area contributed by atoms with Gasteiger partial charge in [-0.15, -0.1) is 22.7 Å². The molecular formula is C11H10N4S2. The van der Waals surface area contributed by atoms with Crippen LogP contribution in [0.5, 0.6) is 0 Å². The van der Waals surface area contributed by atoms with Gasteiger partial charge in [0.1, 0.15) is 10.5 Å². The molecule has 6 heteroatoms. The van der Waals surface area contributed by atoms with Crippen LogP contribution in [0.1, 0.15) is 5.01 Å². The Hall–Kier alpha value is -1.66. The van der Waals surface area contributed by atoms with Gasteiger partial charge >= 0.3 is 0 Å². The largest absolute Gasteiger partial charge is 0.395 e. The van der Waals surface area contributed by atoms with Crippen LogP contribution in [0.25, 0.3) is 10.2 Å². The minimum absolute atomic E-state index is 0.692. The molecule has 0 aliphatic heterocycles. The van der Waals surface area contributed by atoms with Crippen LogP contribution in [-0.2, 0) is 6.54 Å². The second-order valence-corrected chi connectivity index (χ2v) is 5.37. The molecule has 86 valence electrons. The van der Waals surface area contributed by atoms with Gasteiger partial charge in [0.2, 0.25) is 0 Å². The van der Waals surface area contributed by atoms with Crippen LogP contribution in [0.3, 0.4) is 0 Å². The number of nitrogen functional groups attached to an aromatic ring is 1. The average molecular weight is 262 g/mol. The number of nitrogens with zero attached hydrogens (tertiary/aromatic N) is 2. The third kappa shape index (κ3) is 1.96. The number of rotatable bonds is 3. The first-order chi connectivity index (χ1) is 8.34. The van der Waals surface area contributed by atoms with Crippen LogP contribution in [0.15, 0.2) is 29.2 Å². The number of fused-ring (bicyclic) bond motifs is 1.